The minimum Gasteiger partial charge on any atom is -0.314 e. The molecule has 1 aliphatic rings. The Bertz CT molecular complexity index is 302. The monoisotopic (exact) mass is 234 g/mol. The highest BCUT2D eigenvalue weighted by atomic mass is 32.2. The molecule has 0 radical (unpaired) electrons. The third-order valence-electron chi connectivity index (χ3n) is 3.03. The maximum atomic E-state index is 11.8. The normalized spacial score (nSPS) is 19.3. The van der Waals surface area contributed by atoms with Crippen LogP contribution in [0.2, 0.25) is 0 Å². The van der Waals surface area contributed by atoms with Gasteiger partial charge in [0.2, 0.25) is 0 Å². The maximum Gasteiger partial charge on any atom is 0.156 e. The van der Waals surface area contributed by atoms with E-state index < -0.39 is 14.6 Å². The average molecular weight is 234 g/mol. The Morgan fingerprint density at radius 3 is 2.20 bits per heavy atom. The van der Waals surface area contributed by atoms with E-state index >= 15 is 0 Å². The highest BCUT2D eigenvalue weighted by Crippen LogP contribution is 2.16. The Kier molecular flexibility index (Phi) is 3.79. The van der Waals surface area contributed by atoms with Crippen LogP contribution in [0.3, 0.4) is 0 Å². The van der Waals surface area contributed by atoms with Gasteiger partial charge in [-0.1, -0.05) is 0 Å². The quantitative estimate of drug-likeness (QED) is 0.750. The summed E-state index contributed by atoms with van der Waals surface area (Å²) in [5, 5.41) is 3.18. The first-order valence-corrected chi connectivity index (χ1v) is 7.02. The third kappa shape index (κ3) is 3.16. The zero-order valence-corrected chi connectivity index (χ0v) is 10.9. The SMILES string of the molecule is CN(CCS(=O)(=O)C(C)(C)C)C1CNC1. The van der Waals surface area contributed by atoms with Crippen molar-refractivity contribution in [2.24, 2.45) is 0 Å². The zero-order valence-electron chi connectivity index (χ0n) is 10.1. The van der Waals surface area contributed by atoms with Crippen LogP contribution in [0.1, 0.15) is 20.8 Å². The number of nitrogens with one attached hydrogen (secondary N) is 1. The van der Waals surface area contributed by atoms with Crippen LogP contribution in [-0.4, -0.2) is 56.5 Å². The number of rotatable bonds is 4. The number of hydrogen-bond acceptors (Lipinski definition) is 4. The summed E-state index contributed by atoms with van der Waals surface area (Å²) >= 11 is 0. The van der Waals surface area contributed by atoms with Crippen molar-refractivity contribution in [1.29, 1.82) is 0 Å². The molecule has 1 fully saturated rings. The Labute approximate surface area is 93.0 Å². The lowest BCUT2D eigenvalue weighted by molar-refractivity contribution is 0.189. The minimum absolute atomic E-state index is 0.253. The lowest BCUT2D eigenvalue weighted by Gasteiger charge is -2.36. The Morgan fingerprint density at radius 2 is 1.87 bits per heavy atom. The first-order valence-electron chi connectivity index (χ1n) is 5.37. The van der Waals surface area contributed by atoms with Crippen molar-refractivity contribution < 1.29 is 8.42 Å². The molecule has 90 valence electrons. The first kappa shape index (κ1) is 12.9. The molecule has 1 aliphatic heterocycles. The van der Waals surface area contributed by atoms with Crippen molar-refractivity contribution in [3.63, 3.8) is 0 Å². The second-order valence-corrected chi connectivity index (χ2v) is 8.09. The smallest absolute Gasteiger partial charge is 0.156 e. The van der Waals surface area contributed by atoms with Crippen LogP contribution in [-0.2, 0) is 9.84 Å². The summed E-state index contributed by atoms with van der Waals surface area (Å²) in [5.74, 6) is 0.253. The molecule has 15 heavy (non-hydrogen) atoms. The van der Waals surface area contributed by atoms with Crippen molar-refractivity contribution in [2.45, 2.75) is 31.6 Å². The van der Waals surface area contributed by atoms with Crippen molar-refractivity contribution in [3.05, 3.63) is 0 Å². The Morgan fingerprint density at radius 1 is 1.33 bits per heavy atom. The molecule has 1 saturated heterocycles. The summed E-state index contributed by atoms with van der Waals surface area (Å²) in [4.78, 5) is 2.12. The van der Waals surface area contributed by atoms with Gasteiger partial charge in [-0.2, -0.15) is 0 Å². The average Bonchev–Trinajstić information content (AvgIpc) is 1.95. The molecule has 0 spiro atoms. The van der Waals surface area contributed by atoms with Gasteiger partial charge in [0.25, 0.3) is 0 Å². The minimum atomic E-state index is -2.97. The van der Waals surface area contributed by atoms with Crippen molar-refractivity contribution in [1.82, 2.24) is 10.2 Å². The van der Waals surface area contributed by atoms with E-state index in [0.29, 0.717) is 12.6 Å². The standard InChI is InChI=1S/C10H22N2O2S/c1-10(2,3)15(13,14)6-5-12(4)9-7-11-8-9/h9,11H,5-8H2,1-4H3. The Balaban J connectivity index is 2.42. The second kappa shape index (κ2) is 4.39. The predicted octanol–water partition coefficient (Wildman–Crippen LogP) is 0.103. The predicted molar refractivity (Wildman–Crippen MR) is 62.8 cm³/mol. The zero-order chi connectivity index (χ0) is 11.7. The van der Waals surface area contributed by atoms with Gasteiger partial charge in [-0.3, -0.25) is 4.90 Å². The number of likely N-dealkylation sites (N-methyl/N-ethyl adjacent to an activating group) is 1. The second-order valence-electron chi connectivity index (χ2n) is 5.22. The Hall–Kier alpha value is -0.130. The lowest BCUT2D eigenvalue weighted by atomic mass is 10.1. The van der Waals surface area contributed by atoms with Gasteiger partial charge in [-0.15, -0.1) is 0 Å². The van der Waals surface area contributed by atoms with Crippen molar-refractivity contribution in [3.8, 4) is 0 Å². The molecular weight excluding hydrogens is 212 g/mol. The molecule has 0 bridgehead atoms. The molecule has 0 aromatic heterocycles. The van der Waals surface area contributed by atoms with E-state index in [1.54, 1.807) is 20.8 Å². The van der Waals surface area contributed by atoms with Gasteiger partial charge in [-0.25, -0.2) is 8.42 Å². The molecule has 4 nitrogen and oxygen atoms in total. The summed E-state index contributed by atoms with van der Waals surface area (Å²) in [7, 11) is -0.983. The van der Waals surface area contributed by atoms with Gasteiger partial charge in [0.15, 0.2) is 9.84 Å². The molecular formula is C10H22N2O2S. The van der Waals surface area contributed by atoms with Gasteiger partial charge in [0.1, 0.15) is 0 Å². The molecule has 1 heterocycles. The van der Waals surface area contributed by atoms with Crippen LogP contribution < -0.4 is 5.32 Å². The van der Waals surface area contributed by atoms with Gasteiger partial charge < -0.3 is 5.32 Å². The molecule has 5 heteroatoms. The maximum absolute atomic E-state index is 11.8. The van der Waals surface area contributed by atoms with Crippen LogP contribution in [0.15, 0.2) is 0 Å². The van der Waals surface area contributed by atoms with Gasteiger partial charge >= 0.3 is 0 Å². The molecule has 0 aliphatic carbocycles. The van der Waals surface area contributed by atoms with Crippen LogP contribution in [0.5, 0.6) is 0 Å². The molecule has 0 atom stereocenters. The largest absolute Gasteiger partial charge is 0.314 e. The fraction of sp³-hybridized carbons (Fsp3) is 1.00. The topological polar surface area (TPSA) is 49.4 Å². The molecule has 1 N–H and O–H groups in total. The van der Waals surface area contributed by atoms with Crippen molar-refractivity contribution in [2.75, 3.05) is 32.4 Å². The summed E-state index contributed by atoms with van der Waals surface area (Å²) in [5.41, 5.74) is 0. The van der Waals surface area contributed by atoms with Gasteiger partial charge in [0.05, 0.1) is 10.5 Å². The molecule has 0 saturated carbocycles. The van der Waals surface area contributed by atoms with E-state index in [1.165, 1.54) is 0 Å². The lowest BCUT2D eigenvalue weighted by Crippen LogP contribution is -2.56. The summed E-state index contributed by atoms with van der Waals surface area (Å²) in [6.07, 6.45) is 0. The van der Waals surface area contributed by atoms with Gasteiger partial charge in [0, 0.05) is 25.7 Å². The highest BCUT2D eigenvalue weighted by Gasteiger charge is 2.30. The van der Waals surface area contributed by atoms with E-state index in [1.807, 2.05) is 7.05 Å². The van der Waals surface area contributed by atoms with Crippen molar-refractivity contribution >= 4 is 9.84 Å². The van der Waals surface area contributed by atoms with Gasteiger partial charge in [-0.05, 0) is 27.8 Å². The van der Waals surface area contributed by atoms with Crippen LogP contribution in [0, 0.1) is 0 Å². The summed E-state index contributed by atoms with van der Waals surface area (Å²) in [6.45, 7) is 7.86. The number of sulfone groups is 1. The van der Waals surface area contributed by atoms with E-state index in [0.717, 1.165) is 13.1 Å². The van der Waals surface area contributed by atoms with E-state index in [9.17, 15) is 8.42 Å². The fourth-order valence-electron chi connectivity index (χ4n) is 1.34. The summed E-state index contributed by atoms with van der Waals surface area (Å²) < 4.78 is 23.1. The molecule has 0 aromatic rings. The first-order chi connectivity index (χ1) is 6.74. The molecule has 0 aromatic carbocycles. The van der Waals surface area contributed by atoms with E-state index in [2.05, 4.69) is 10.2 Å². The summed E-state index contributed by atoms with van der Waals surface area (Å²) in [6, 6.07) is 0.514. The number of hydrogen-bond donors (Lipinski definition) is 1. The van der Waals surface area contributed by atoms with Crippen LogP contribution in [0.4, 0.5) is 0 Å². The fourth-order valence-corrected chi connectivity index (χ4v) is 2.48. The molecule has 1 rings (SSSR count). The van der Waals surface area contributed by atoms with Crippen LogP contribution >= 0.6 is 0 Å². The van der Waals surface area contributed by atoms with E-state index in [-0.39, 0.29) is 5.75 Å². The van der Waals surface area contributed by atoms with Crippen LogP contribution in [0.25, 0.3) is 0 Å². The van der Waals surface area contributed by atoms with E-state index in [4.69, 9.17) is 0 Å². The molecule has 0 unspecified atom stereocenters. The molecule has 0 amide bonds. The highest BCUT2D eigenvalue weighted by molar-refractivity contribution is 7.92. The third-order valence-corrected chi connectivity index (χ3v) is 5.62. The number of nitrogens with zero attached hydrogens (tertiary/aromatic N) is 1.